The molecule has 0 saturated carbocycles. The summed E-state index contributed by atoms with van der Waals surface area (Å²) in [6, 6.07) is 1.29. The molecule has 2 heteroatoms. The number of hydrogen-bond acceptors (Lipinski definition) is 2. The molecular weight excluding hydrogens is 112 g/mol. The van der Waals surface area contributed by atoms with Crippen molar-refractivity contribution in [2.75, 3.05) is 7.05 Å². The van der Waals surface area contributed by atoms with E-state index in [0.29, 0.717) is 12.1 Å². The van der Waals surface area contributed by atoms with Crippen LogP contribution in [0.4, 0.5) is 0 Å². The molecule has 0 spiro atoms. The lowest BCUT2D eigenvalue weighted by atomic mass is 9.96. The van der Waals surface area contributed by atoms with E-state index in [-0.39, 0.29) is 0 Å². The highest BCUT2D eigenvalue weighted by molar-refractivity contribution is 5.08. The van der Waals surface area contributed by atoms with Gasteiger partial charge in [0.2, 0.25) is 0 Å². The SMILES string of the molecule is CN1NC2C=CC1CC2. The van der Waals surface area contributed by atoms with Crippen LogP contribution in [0.25, 0.3) is 0 Å². The van der Waals surface area contributed by atoms with Crippen molar-refractivity contribution in [1.29, 1.82) is 0 Å². The lowest BCUT2D eigenvalue weighted by Gasteiger charge is -2.39. The molecule has 2 bridgehead atoms. The predicted molar refractivity (Wildman–Crippen MR) is 36.8 cm³/mol. The Morgan fingerprint density at radius 1 is 1.44 bits per heavy atom. The van der Waals surface area contributed by atoms with E-state index in [1.165, 1.54) is 12.8 Å². The van der Waals surface area contributed by atoms with Gasteiger partial charge in [-0.1, -0.05) is 12.2 Å². The van der Waals surface area contributed by atoms with Crippen LogP contribution in [0.15, 0.2) is 12.2 Å². The van der Waals surface area contributed by atoms with Crippen molar-refractivity contribution in [2.45, 2.75) is 24.9 Å². The third kappa shape index (κ3) is 0.787. The first-order valence-electron chi connectivity index (χ1n) is 3.53. The van der Waals surface area contributed by atoms with E-state index in [9.17, 15) is 0 Å². The Morgan fingerprint density at radius 2 is 2.33 bits per heavy atom. The molecule has 0 aromatic carbocycles. The summed E-state index contributed by atoms with van der Waals surface area (Å²) in [7, 11) is 2.11. The highest BCUT2D eigenvalue weighted by Gasteiger charge is 2.25. The standard InChI is InChI=1S/C7H12N2/c1-9-7-4-2-6(8-9)3-5-7/h2,4,6-8H,3,5H2,1H3. The van der Waals surface area contributed by atoms with Gasteiger partial charge < -0.3 is 0 Å². The van der Waals surface area contributed by atoms with Gasteiger partial charge in [0.05, 0.1) is 0 Å². The van der Waals surface area contributed by atoms with Gasteiger partial charge in [0.25, 0.3) is 0 Å². The number of rotatable bonds is 0. The largest absolute Gasteiger partial charge is 0.248 e. The van der Waals surface area contributed by atoms with Crippen molar-refractivity contribution in [3.8, 4) is 0 Å². The minimum atomic E-state index is 0.625. The number of hydrazine groups is 1. The maximum absolute atomic E-state index is 3.36. The van der Waals surface area contributed by atoms with Gasteiger partial charge in [0.15, 0.2) is 0 Å². The smallest absolute Gasteiger partial charge is 0.0421 e. The highest BCUT2D eigenvalue weighted by atomic mass is 15.5. The van der Waals surface area contributed by atoms with Crippen LogP contribution in [-0.4, -0.2) is 24.1 Å². The molecule has 1 aliphatic carbocycles. The fourth-order valence-electron chi connectivity index (χ4n) is 1.59. The molecule has 0 radical (unpaired) electrons. The molecule has 2 nitrogen and oxygen atoms in total. The number of nitrogens with one attached hydrogen (secondary N) is 1. The molecule has 2 heterocycles. The predicted octanol–water partition coefficient (Wildman–Crippen LogP) is 0.524. The van der Waals surface area contributed by atoms with E-state index >= 15 is 0 Å². The molecule has 0 aromatic rings. The van der Waals surface area contributed by atoms with Crippen molar-refractivity contribution in [3.05, 3.63) is 12.2 Å². The first-order valence-corrected chi connectivity index (χ1v) is 3.53. The van der Waals surface area contributed by atoms with E-state index < -0.39 is 0 Å². The van der Waals surface area contributed by atoms with Gasteiger partial charge in [-0.15, -0.1) is 0 Å². The number of hydrogen-bond donors (Lipinski definition) is 1. The zero-order valence-electron chi connectivity index (χ0n) is 5.67. The van der Waals surface area contributed by atoms with Gasteiger partial charge in [-0.05, 0) is 12.8 Å². The third-order valence-electron chi connectivity index (χ3n) is 2.21. The highest BCUT2D eigenvalue weighted by Crippen LogP contribution is 2.20. The topological polar surface area (TPSA) is 15.3 Å². The summed E-state index contributed by atoms with van der Waals surface area (Å²) in [5, 5.41) is 2.20. The van der Waals surface area contributed by atoms with Crippen LogP contribution in [0.2, 0.25) is 0 Å². The van der Waals surface area contributed by atoms with Gasteiger partial charge in [-0.2, -0.15) is 0 Å². The molecule has 2 unspecified atom stereocenters. The summed E-state index contributed by atoms with van der Waals surface area (Å²) < 4.78 is 0. The summed E-state index contributed by atoms with van der Waals surface area (Å²) in [5.74, 6) is 0. The van der Waals surface area contributed by atoms with Crippen LogP contribution < -0.4 is 5.43 Å². The summed E-state index contributed by atoms with van der Waals surface area (Å²) >= 11 is 0. The van der Waals surface area contributed by atoms with E-state index in [2.05, 4.69) is 29.6 Å². The van der Waals surface area contributed by atoms with E-state index in [4.69, 9.17) is 0 Å². The number of nitrogens with zero attached hydrogens (tertiary/aromatic N) is 1. The minimum Gasteiger partial charge on any atom is -0.248 e. The van der Waals surface area contributed by atoms with Crippen molar-refractivity contribution in [1.82, 2.24) is 10.4 Å². The Bertz CT molecular complexity index is 142. The average Bonchev–Trinajstić information content (AvgIpc) is 1.90. The fraction of sp³-hybridized carbons (Fsp3) is 0.714. The molecule has 1 fully saturated rings. The van der Waals surface area contributed by atoms with Crippen LogP contribution >= 0.6 is 0 Å². The first kappa shape index (κ1) is 5.45. The van der Waals surface area contributed by atoms with Crippen LogP contribution in [0.1, 0.15) is 12.8 Å². The molecule has 2 aliphatic heterocycles. The molecule has 0 aromatic heterocycles. The maximum atomic E-state index is 3.36. The second kappa shape index (κ2) is 1.82. The van der Waals surface area contributed by atoms with Crippen LogP contribution in [0, 0.1) is 0 Å². The second-order valence-corrected chi connectivity index (χ2v) is 2.88. The Morgan fingerprint density at radius 3 is 2.56 bits per heavy atom. The quantitative estimate of drug-likeness (QED) is 0.474. The number of likely N-dealkylation sites (N-methyl/N-ethyl adjacent to an activating group) is 1. The average molecular weight is 124 g/mol. The molecule has 1 N–H and O–H groups in total. The summed E-state index contributed by atoms with van der Waals surface area (Å²) in [6.45, 7) is 0. The number of fused-ring (bicyclic) bond motifs is 2. The lowest BCUT2D eigenvalue weighted by molar-refractivity contribution is 0.110. The fourth-order valence-corrected chi connectivity index (χ4v) is 1.59. The molecule has 0 amide bonds. The normalized spacial score (nSPS) is 41.9. The molecular formula is C7H12N2. The Hall–Kier alpha value is -0.340. The zero-order valence-corrected chi connectivity index (χ0v) is 5.67. The first-order chi connectivity index (χ1) is 4.36. The Balaban J connectivity index is 2.20. The molecule has 2 atom stereocenters. The molecule has 3 rings (SSSR count). The third-order valence-corrected chi connectivity index (χ3v) is 2.21. The van der Waals surface area contributed by atoms with Gasteiger partial charge in [0.1, 0.15) is 0 Å². The zero-order chi connectivity index (χ0) is 6.27. The maximum Gasteiger partial charge on any atom is 0.0421 e. The van der Waals surface area contributed by atoms with E-state index in [1.54, 1.807) is 0 Å². The van der Waals surface area contributed by atoms with Crippen molar-refractivity contribution < 1.29 is 0 Å². The van der Waals surface area contributed by atoms with Gasteiger partial charge in [-0.3, -0.25) is 0 Å². The van der Waals surface area contributed by atoms with Crippen LogP contribution in [0.3, 0.4) is 0 Å². The van der Waals surface area contributed by atoms with E-state index in [0.717, 1.165) is 0 Å². The Labute approximate surface area is 55.5 Å². The molecule has 50 valence electrons. The Kier molecular flexibility index (Phi) is 1.10. The summed E-state index contributed by atoms with van der Waals surface area (Å²) in [5.41, 5.74) is 3.36. The molecule has 1 saturated heterocycles. The monoisotopic (exact) mass is 124 g/mol. The summed E-state index contributed by atoms with van der Waals surface area (Å²) in [4.78, 5) is 0. The minimum absolute atomic E-state index is 0.625. The van der Waals surface area contributed by atoms with Crippen LogP contribution in [0.5, 0.6) is 0 Å². The van der Waals surface area contributed by atoms with Crippen molar-refractivity contribution >= 4 is 0 Å². The van der Waals surface area contributed by atoms with Gasteiger partial charge in [0, 0.05) is 19.1 Å². The van der Waals surface area contributed by atoms with Crippen LogP contribution in [-0.2, 0) is 0 Å². The lowest BCUT2D eigenvalue weighted by Crippen LogP contribution is -2.54. The summed E-state index contributed by atoms with van der Waals surface area (Å²) in [6.07, 6.45) is 7.20. The van der Waals surface area contributed by atoms with Crippen molar-refractivity contribution in [3.63, 3.8) is 0 Å². The molecule has 9 heavy (non-hydrogen) atoms. The molecule has 3 aliphatic rings. The van der Waals surface area contributed by atoms with Crippen molar-refractivity contribution in [2.24, 2.45) is 0 Å². The second-order valence-electron chi connectivity index (χ2n) is 2.88. The van der Waals surface area contributed by atoms with Gasteiger partial charge in [-0.25, -0.2) is 10.4 Å². The van der Waals surface area contributed by atoms with E-state index in [1.807, 2.05) is 0 Å². The van der Waals surface area contributed by atoms with Gasteiger partial charge >= 0.3 is 0 Å².